The fourth-order valence-electron chi connectivity index (χ4n) is 7.06. The molecule has 0 aliphatic carbocycles. The first-order chi connectivity index (χ1) is 32.8. The van der Waals surface area contributed by atoms with Crippen LogP contribution in [0.25, 0.3) is 0 Å². The van der Waals surface area contributed by atoms with Crippen LogP contribution in [0.3, 0.4) is 0 Å². The SMILES string of the molecule is CC/C=C\C/C=C\C/C=C\C/C=C\C/C=C\C/C=C\C/C=C\C/C=C\CCCCCCCCCCC(=O)OC(COC(=O)CCCCCCCCCCCCCCC)COP(=O)(O)OCCN. The summed E-state index contributed by atoms with van der Waals surface area (Å²) in [6.07, 6.45) is 68.8. The molecule has 0 aromatic heterocycles. The quantitative estimate of drug-likeness (QED) is 0.0264. The molecule has 2 atom stereocenters. The van der Waals surface area contributed by atoms with Crippen molar-refractivity contribution < 1.29 is 37.6 Å². The Morgan fingerprint density at radius 3 is 1.22 bits per heavy atom. The monoisotopic (exact) mass is 956 g/mol. The minimum absolute atomic E-state index is 0.0486. The summed E-state index contributed by atoms with van der Waals surface area (Å²) < 4.78 is 32.9. The number of ether oxygens (including phenoxy) is 2. The molecule has 9 nitrogen and oxygen atoms in total. The molecular weight excluding hydrogens is 858 g/mol. The van der Waals surface area contributed by atoms with E-state index >= 15 is 0 Å². The third-order valence-corrected chi connectivity index (χ3v) is 12.0. The van der Waals surface area contributed by atoms with Crippen molar-refractivity contribution in [2.45, 2.75) is 225 Å². The highest BCUT2D eigenvalue weighted by molar-refractivity contribution is 7.47. The molecule has 0 heterocycles. The van der Waals surface area contributed by atoms with Crippen LogP contribution in [0.1, 0.15) is 219 Å². The van der Waals surface area contributed by atoms with Crippen LogP contribution < -0.4 is 5.73 Å². The number of hydrogen-bond acceptors (Lipinski definition) is 8. The van der Waals surface area contributed by atoms with Crippen LogP contribution in [0.2, 0.25) is 0 Å². The molecule has 0 amide bonds. The Hall–Kier alpha value is -3.07. The second-order valence-corrected chi connectivity index (χ2v) is 18.8. The summed E-state index contributed by atoms with van der Waals surface area (Å²) in [5, 5.41) is 0. The van der Waals surface area contributed by atoms with Gasteiger partial charge in [-0.15, -0.1) is 0 Å². The number of carbonyl (C=O) groups excluding carboxylic acids is 2. The van der Waals surface area contributed by atoms with Crippen molar-refractivity contribution in [3.63, 3.8) is 0 Å². The van der Waals surface area contributed by atoms with Crippen molar-refractivity contribution in [3.05, 3.63) is 97.2 Å². The van der Waals surface area contributed by atoms with Crippen LogP contribution in [0.4, 0.5) is 0 Å². The first-order valence-electron chi connectivity index (χ1n) is 26.7. The Balaban J connectivity index is 4.02. The van der Waals surface area contributed by atoms with Crippen molar-refractivity contribution in [1.29, 1.82) is 0 Å². The van der Waals surface area contributed by atoms with Gasteiger partial charge in [-0.1, -0.05) is 227 Å². The molecular formula is C57H98NO8P. The highest BCUT2D eigenvalue weighted by atomic mass is 31.2. The zero-order chi connectivity index (χ0) is 48.8. The first-order valence-corrected chi connectivity index (χ1v) is 28.2. The number of esters is 2. The van der Waals surface area contributed by atoms with Gasteiger partial charge < -0.3 is 20.1 Å². The van der Waals surface area contributed by atoms with Gasteiger partial charge in [0.25, 0.3) is 0 Å². The van der Waals surface area contributed by atoms with Gasteiger partial charge in [0.2, 0.25) is 0 Å². The highest BCUT2D eigenvalue weighted by Gasteiger charge is 2.26. The van der Waals surface area contributed by atoms with Gasteiger partial charge in [0.1, 0.15) is 6.61 Å². The predicted octanol–water partition coefficient (Wildman–Crippen LogP) is 16.5. The Morgan fingerprint density at radius 1 is 0.463 bits per heavy atom. The van der Waals surface area contributed by atoms with Crippen molar-refractivity contribution in [2.75, 3.05) is 26.4 Å². The number of allylic oxidation sites excluding steroid dienone is 16. The molecule has 3 N–H and O–H groups in total. The predicted molar refractivity (Wildman–Crippen MR) is 284 cm³/mol. The smallest absolute Gasteiger partial charge is 0.462 e. The van der Waals surface area contributed by atoms with E-state index in [9.17, 15) is 19.0 Å². The molecule has 0 saturated heterocycles. The summed E-state index contributed by atoms with van der Waals surface area (Å²) in [7, 11) is -4.39. The molecule has 0 radical (unpaired) electrons. The maximum atomic E-state index is 12.7. The lowest BCUT2D eigenvalue weighted by atomic mass is 10.0. The summed E-state index contributed by atoms with van der Waals surface area (Å²) in [4.78, 5) is 35.0. The first kappa shape index (κ1) is 63.9. The van der Waals surface area contributed by atoms with Gasteiger partial charge in [-0.05, 0) is 77.0 Å². The lowest BCUT2D eigenvalue weighted by Gasteiger charge is -2.19. The maximum absolute atomic E-state index is 12.7. The molecule has 0 aliphatic heterocycles. The van der Waals surface area contributed by atoms with Crippen LogP contribution >= 0.6 is 7.82 Å². The van der Waals surface area contributed by atoms with Crippen LogP contribution in [0, 0.1) is 0 Å². The summed E-state index contributed by atoms with van der Waals surface area (Å²) in [6.45, 7) is 3.61. The fraction of sp³-hybridized carbons (Fsp3) is 0.684. The van der Waals surface area contributed by atoms with Crippen molar-refractivity contribution in [3.8, 4) is 0 Å². The van der Waals surface area contributed by atoms with Crippen molar-refractivity contribution in [2.24, 2.45) is 5.73 Å². The molecule has 10 heteroatoms. The largest absolute Gasteiger partial charge is 0.472 e. The van der Waals surface area contributed by atoms with Gasteiger partial charge in [0.05, 0.1) is 13.2 Å². The van der Waals surface area contributed by atoms with E-state index in [1.165, 1.54) is 89.9 Å². The number of hydrogen-bond donors (Lipinski definition) is 2. The number of carbonyl (C=O) groups is 2. The van der Waals surface area contributed by atoms with Gasteiger partial charge in [-0.2, -0.15) is 0 Å². The van der Waals surface area contributed by atoms with E-state index in [1.54, 1.807) is 0 Å². The zero-order valence-electron chi connectivity index (χ0n) is 42.6. The normalized spacial score (nSPS) is 13.9. The van der Waals surface area contributed by atoms with E-state index in [0.717, 1.165) is 96.3 Å². The van der Waals surface area contributed by atoms with Gasteiger partial charge in [0.15, 0.2) is 6.10 Å². The van der Waals surface area contributed by atoms with E-state index in [4.69, 9.17) is 24.3 Å². The molecule has 0 rings (SSSR count). The molecule has 0 aromatic rings. The number of rotatable bonds is 49. The number of phosphoric acid groups is 1. The van der Waals surface area contributed by atoms with E-state index < -0.39 is 26.5 Å². The van der Waals surface area contributed by atoms with Crippen molar-refractivity contribution in [1.82, 2.24) is 0 Å². The standard InChI is InChI=1S/C57H98NO8P/c1-3-5-7-9-11-13-15-17-18-19-20-21-22-23-24-25-26-27-28-29-30-31-32-33-34-35-36-38-40-42-44-46-48-50-57(60)66-55(54-65-67(61,62)64-52-51-58)53-63-56(59)49-47-45-43-41-39-37-16-14-12-10-8-6-4-2/h5,7,11,13,17-18,20-21,23-24,26-27,29-30,32-33,55H,3-4,6,8-10,12,14-16,19,22,25,28,31,34-54,58H2,1-2H3,(H,61,62)/b7-5-,13-11-,18-17-,21-20-,24-23-,27-26-,30-29-,33-32-. The highest BCUT2D eigenvalue weighted by Crippen LogP contribution is 2.43. The average Bonchev–Trinajstić information content (AvgIpc) is 3.32. The molecule has 67 heavy (non-hydrogen) atoms. The van der Waals surface area contributed by atoms with Gasteiger partial charge in [-0.3, -0.25) is 18.6 Å². The average molecular weight is 956 g/mol. The Morgan fingerprint density at radius 2 is 0.821 bits per heavy atom. The number of unbranched alkanes of at least 4 members (excludes halogenated alkanes) is 20. The minimum Gasteiger partial charge on any atom is -0.462 e. The molecule has 0 bridgehead atoms. The summed E-state index contributed by atoms with van der Waals surface area (Å²) in [6, 6.07) is 0. The molecule has 2 unspecified atom stereocenters. The maximum Gasteiger partial charge on any atom is 0.472 e. The summed E-state index contributed by atoms with van der Waals surface area (Å²) in [5.41, 5.74) is 5.36. The van der Waals surface area contributed by atoms with Crippen LogP contribution in [-0.2, 0) is 32.7 Å². The van der Waals surface area contributed by atoms with E-state index in [-0.39, 0.29) is 38.6 Å². The van der Waals surface area contributed by atoms with Gasteiger partial charge in [0, 0.05) is 19.4 Å². The second kappa shape index (κ2) is 52.3. The third-order valence-electron chi connectivity index (χ3n) is 11.0. The van der Waals surface area contributed by atoms with Crippen LogP contribution in [0.5, 0.6) is 0 Å². The molecule has 0 fully saturated rings. The molecule has 384 valence electrons. The van der Waals surface area contributed by atoms with Gasteiger partial charge in [-0.25, -0.2) is 4.57 Å². The Kier molecular flexibility index (Phi) is 49.9. The fourth-order valence-corrected chi connectivity index (χ4v) is 7.83. The lowest BCUT2D eigenvalue weighted by Crippen LogP contribution is -2.29. The number of phosphoric ester groups is 1. The number of nitrogens with two attached hydrogens (primary N) is 1. The van der Waals surface area contributed by atoms with E-state index in [2.05, 4.69) is 111 Å². The third kappa shape index (κ3) is 52.2. The lowest BCUT2D eigenvalue weighted by molar-refractivity contribution is -0.161. The van der Waals surface area contributed by atoms with Crippen LogP contribution in [0.15, 0.2) is 97.2 Å². The van der Waals surface area contributed by atoms with E-state index in [1.807, 2.05) is 0 Å². The van der Waals surface area contributed by atoms with Crippen LogP contribution in [-0.4, -0.2) is 49.3 Å². The Labute approximate surface area is 410 Å². The zero-order valence-corrected chi connectivity index (χ0v) is 43.5. The Bertz CT molecular complexity index is 1410. The summed E-state index contributed by atoms with van der Waals surface area (Å²) >= 11 is 0. The molecule has 0 saturated carbocycles. The molecule has 0 aromatic carbocycles. The minimum atomic E-state index is -4.39. The summed E-state index contributed by atoms with van der Waals surface area (Å²) in [5.74, 6) is -0.839. The molecule has 0 spiro atoms. The molecule has 0 aliphatic rings. The topological polar surface area (TPSA) is 134 Å². The second-order valence-electron chi connectivity index (χ2n) is 17.4. The van der Waals surface area contributed by atoms with E-state index in [0.29, 0.717) is 6.42 Å². The van der Waals surface area contributed by atoms with Crippen molar-refractivity contribution >= 4 is 19.8 Å². The van der Waals surface area contributed by atoms with Gasteiger partial charge >= 0.3 is 19.8 Å².